The maximum atomic E-state index is 12.9. The number of carbonyl (C=O) groups is 1. The van der Waals surface area contributed by atoms with E-state index in [1.165, 1.54) is 17.0 Å². The third kappa shape index (κ3) is 4.76. The predicted molar refractivity (Wildman–Crippen MR) is 103 cm³/mol. The third-order valence-corrected chi connectivity index (χ3v) is 5.21. The van der Waals surface area contributed by atoms with Gasteiger partial charge in [0.25, 0.3) is 0 Å². The maximum absolute atomic E-state index is 12.9. The molecule has 0 saturated heterocycles. The van der Waals surface area contributed by atoms with Crippen LogP contribution in [-0.4, -0.2) is 29.0 Å². The van der Waals surface area contributed by atoms with Crippen molar-refractivity contribution in [1.82, 2.24) is 15.3 Å². The van der Waals surface area contributed by atoms with Crippen molar-refractivity contribution in [3.05, 3.63) is 52.9 Å². The van der Waals surface area contributed by atoms with E-state index in [4.69, 9.17) is 0 Å². The summed E-state index contributed by atoms with van der Waals surface area (Å²) in [5, 5.41) is 7.11. The number of aryl methyl sites for hydroxylation is 1. The Morgan fingerprint density at radius 1 is 1.19 bits per heavy atom. The first-order valence-corrected chi connectivity index (χ1v) is 9.46. The van der Waals surface area contributed by atoms with Gasteiger partial charge in [-0.2, -0.15) is 0 Å². The number of aromatic nitrogens is 2. The van der Waals surface area contributed by atoms with Gasteiger partial charge < -0.3 is 10.6 Å². The fraction of sp³-hybridized carbons (Fsp3) is 0.316. The minimum absolute atomic E-state index is 0.0236. The normalized spacial score (nSPS) is 10.8. The van der Waals surface area contributed by atoms with Crippen molar-refractivity contribution in [2.45, 2.75) is 26.2 Å². The summed E-state index contributed by atoms with van der Waals surface area (Å²) in [6.07, 6.45) is 3.56. The van der Waals surface area contributed by atoms with Gasteiger partial charge >= 0.3 is 0 Å². The van der Waals surface area contributed by atoms with Crippen LogP contribution in [0.2, 0.25) is 0 Å². The van der Waals surface area contributed by atoms with Gasteiger partial charge in [0.1, 0.15) is 22.8 Å². The molecule has 0 radical (unpaired) electrons. The van der Waals surface area contributed by atoms with Crippen molar-refractivity contribution in [3.63, 3.8) is 0 Å². The van der Waals surface area contributed by atoms with E-state index in [9.17, 15) is 9.18 Å². The topological polar surface area (TPSA) is 66.9 Å². The molecular weight excluding hydrogens is 351 g/mol. The summed E-state index contributed by atoms with van der Waals surface area (Å²) >= 11 is 1.67. The van der Waals surface area contributed by atoms with E-state index >= 15 is 0 Å². The van der Waals surface area contributed by atoms with E-state index in [-0.39, 0.29) is 11.7 Å². The molecule has 2 N–H and O–H groups in total. The third-order valence-electron chi connectivity index (χ3n) is 4.02. The Bertz CT molecular complexity index is 879. The second-order valence-electron chi connectivity index (χ2n) is 5.91. The minimum atomic E-state index is -0.251. The van der Waals surface area contributed by atoms with Crippen LogP contribution in [0.1, 0.15) is 23.8 Å². The molecule has 5 nitrogen and oxygen atoms in total. The molecule has 2 heterocycles. The molecule has 136 valence electrons. The molecule has 3 rings (SSSR count). The molecule has 0 fully saturated rings. The van der Waals surface area contributed by atoms with Crippen LogP contribution in [-0.2, 0) is 17.6 Å². The quantitative estimate of drug-likeness (QED) is 0.635. The maximum Gasteiger partial charge on any atom is 0.221 e. The van der Waals surface area contributed by atoms with E-state index in [0.717, 1.165) is 28.0 Å². The Labute approximate surface area is 155 Å². The number of carbonyl (C=O) groups excluding carboxylic acids is 1. The zero-order chi connectivity index (χ0) is 18.4. The molecule has 0 unspecified atom stereocenters. The van der Waals surface area contributed by atoms with Gasteiger partial charge in [-0.25, -0.2) is 14.4 Å². The van der Waals surface area contributed by atoms with Gasteiger partial charge in [0.15, 0.2) is 0 Å². The van der Waals surface area contributed by atoms with Crippen LogP contribution >= 0.6 is 11.3 Å². The number of amides is 1. The Balaban J connectivity index is 1.43. The number of nitrogens with zero attached hydrogens (tertiary/aromatic N) is 2. The Morgan fingerprint density at radius 3 is 2.77 bits per heavy atom. The molecule has 0 bridgehead atoms. The summed E-state index contributed by atoms with van der Waals surface area (Å²) in [6.45, 7) is 3.15. The number of rotatable bonds is 8. The first kappa shape index (κ1) is 18.3. The number of nitrogens with one attached hydrogen (secondary N) is 2. The second-order valence-corrected chi connectivity index (χ2v) is 7.03. The average Bonchev–Trinajstić information content (AvgIpc) is 3.08. The number of anilines is 1. The number of benzene rings is 1. The van der Waals surface area contributed by atoms with Crippen LogP contribution in [0.3, 0.4) is 0 Å². The van der Waals surface area contributed by atoms with Crippen LogP contribution in [0.15, 0.2) is 36.7 Å². The molecule has 0 spiro atoms. The van der Waals surface area contributed by atoms with E-state index in [0.29, 0.717) is 25.9 Å². The van der Waals surface area contributed by atoms with Gasteiger partial charge in [-0.05, 0) is 36.6 Å². The first-order valence-electron chi connectivity index (χ1n) is 8.64. The highest BCUT2D eigenvalue weighted by Gasteiger charge is 2.08. The van der Waals surface area contributed by atoms with Crippen molar-refractivity contribution >= 4 is 33.3 Å². The SMILES string of the molecule is CCc1cc2c(NCCC(=O)NCCc3ccc(F)cc3)ncnc2s1. The number of fused-ring (bicyclic) bond motifs is 1. The summed E-state index contributed by atoms with van der Waals surface area (Å²) in [6, 6.07) is 8.42. The van der Waals surface area contributed by atoms with Crippen molar-refractivity contribution in [2.75, 3.05) is 18.4 Å². The minimum Gasteiger partial charge on any atom is -0.369 e. The lowest BCUT2D eigenvalue weighted by molar-refractivity contribution is -0.120. The molecule has 0 aliphatic rings. The monoisotopic (exact) mass is 372 g/mol. The largest absolute Gasteiger partial charge is 0.369 e. The molecule has 1 amide bonds. The number of hydrogen-bond acceptors (Lipinski definition) is 5. The lowest BCUT2D eigenvalue weighted by atomic mass is 10.1. The smallest absolute Gasteiger partial charge is 0.221 e. The van der Waals surface area contributed by atoms with Crippen LogP contribution in [0.4, 0.5) is 10.2 Å². The van der Waals surface area contributed by atoms with Gasteiger partial charge in [-0.3, -0.25) is 4.79 Å². The first-order chi connectivity index (χ1) is 12.7. The lowest BCUT2D eigenvalue weighted by Gasteiger charge is -2.08. The lowest BCUT2D eigenvalue weighted by Crippen LogP contribution is -2.27. The van der Waals surface area contributed by atoms with Gasteiger partial charge in [0, 0.05) is 24.4 Å². The van der Waals surface area contributed by atoms with Gasteiger partial charge in [-0.1, -0.05) is 19.1 Å². The van der Waals surface area contributed by atoms with E-state index < -0.39 is 0 Å². The standard InChI is InChI=1S/C19H21FN4OS/c1-2-15-11-16-18(23-12-24-19(16)26-15)22-10-8-17(25)21-9-7-13-3-5-14(20)6-4-13/h3-6,11-12H,2,7-10H2,1H3,(H,21,25)(H,22,23,24). The van der Waals surface area contributed by atoms with Crippen LogP contribution in [0.5, 0.6) is 0 Å². The van der Waals surface area contributed by atoms with Gasteiger partial charge in [0.05, 0.1) is 5.39 Å². The fourth-order valence-corrected chi connectivity index (χ4v) is 3.54. The molecule has 0 aliphatic carbocycles. The molecule has 0 atom stereocenters. The van der Waals surface area contributed by atoms with E-state index in [1.807, 2.05) is 0 Å². The van der Waals surface area contributed by atoms with Crippen molar-refractivity contribution in [3.8, 4) is 0 Å². The highest BCUT2D eigenvalue weighted by Crippen LogP contribution is 2.28. The molecule has 7 heteroatoms. The van der Waals surface area contributed by atoms with Crippen LogP contribution < -0.4 is 10.6 Å². The van der Waals surface area contributed by atoms with E-state index in [1.54, 1.807) is 29.8 Å². The summed E-state index contributed by atoms with van der Waals surface area (Å²) in [5.41, 5.74) is 0.998. The summed E-state index contributed by atoms with van der Waals surface area (Å²) in [5.74, 6) is 0.494. The zero-order valence-electron chi connectivity index (χ0n) is 14.6. The second kappa shape index (κ2) is 8.71. The Kier molecular flexibility index (Phi) is 6.12. The number of halogens is 1. The highest BCUT2D eigenvalue weighted by atomic mass is 32.1. The summed E-state index contributed by atoms with van der Waals surface area (Å²) in [4.78, 5) is 22.8. The van der Waals surface area contributed by atoms with Gasteiger partial charge in [-0.15, -0.1) is 11.3 Å². The Morgan fingerprint density at radius 2 is 2.00 bits per heavy atom. The summed E-state index contributed by atoms with van der Waals surface area (Å²) < 4.78 is 12.9. The zero-order valence-corrected chi connectivity index (χ0v) is 15.4. The van der Waals surface area contributed by atoms with Crippen molar-refractivity contribution in [1.29, 1.82) is 0 Å². The molecule has 0 saturated carbocycles. The molecule has 0 aliphatic heterocycles. The van der Waals surface area contributed by atoms with E-state index in [2.05, 4.69) is 33.6 Å². The highest BCUT2D eigenvalue weighted by molar-refractivity contribution is 7.18. The molecular formula is C19H21FN4OS. The number of thiophene rings is 1. The average molecular weight is 372 g/mol. The molecule has 1 aromatic carbocycles. The Hall–Kier alpha value is -2.54. The van der Waals surface area contributed by atoms with Crippen LogP contribution in [0.25, 0.3) is 10.2 Å². The fourth-order valence-electron chi connectivity index (χ4n) is 2.60. The summed E-state index contributed by atoms with van der Waals surface area (Å²) in [7, 11) is 0. The van der Waals surface area contributed by atoms with Crippen LogP contribution in [0, 0.1) is 5.82 Å². The van der Waals surface area contributed by atoms with Crippen molar-refractivity contribution in [2.24, 2.45) is 0 Å². The predicted octanol–water partition coefficient (Wildman–Crippen LogP) is 3.55. The number of hydrogen-bond donors (Lipinski definition) is 2. The molecule has 2 aromatic heterocycles. The molecule has 26 heavy (non-hydrogen) atoms. The van der Waals surface area contributed by atoms with Crippen molar-refractivity contribution < 1.29 is 9.18 Å². The molecule has 3 aromatic rings. The van der Waals surface area contributed by atoms with Gasteiger partial charge in [0.2, 0.25) is 5.91 Å².